The Morgan fingerprint density at radius 3 is 2.41 bits per heavy atom. The van der Waals surface area contributed by atoms with Crippen molar-refractivity contribution in [2.75, 3.05) is 5.32 Å². The molecule has 2 aromatic rings. The van der Waals surface area contributed by atoms with Crippen LogP contribution in [-0.4, -0.2) is 25.5 Å². The lowest BCUT2D eigenvalue weighted by atomic mass is 10.1. The number of benzene rings is 2. The highest BCUT2D eigenvalue weighted by atomic mass is 32.2. The Bertz CT molecular complexity index is 907. The number of anilines is 1. The summed E-state index contributed by atoms with van der Waals surface area (Å²) in [5.74, 6) is -1.15. The second-order valence-corrected chi connectivity index (χ2v) is 8.61. The lowest BCUT2D eigenvalue weighted by Crippen LogP contribution is -2.27. The number of hydrogen-bond donors (Lipinski definition) is 3. The predicted octanol–water partition coefficient (Wildman–Crippen LogP) is 3.78. The molecule has 3 rings (SSSR count). The number of sulfonamides is 1. The van der Waals surface area contributed by atoms with Crippen LogP contribution in [0, 0.1) is 0 Å². The first-order chi connectivity index (χ1) is 12.9. The first-order valence-electron chi connectivity index (χ1n) is 9.08. The van der Waals surface area contributed by atoms with E-state index in [9.17, 15) is 18.3 Å². The maximum absolute atomic E-state index is 12.7. The lowest BCUT2D eigenvalue weighted by molar-refractivity contribution is 0.0697. The van der Waals surface area contributed by atoms with E-state index in [0.717, 1.165) is 31.2 Å². The molecule has 0 heterocycles. The number of carboxylic acid groups (broad SMARTS) is 1. The van der Waals surface area contributed by atoms with Crippen molar-refractivity contribution >= 4 is 21.7 Å². The van der Waals surface area contributed by atoms with Crippen LogP contribution in [0.25, 0.3) is 0 Å². The molecule has 0 unspecified atom stereocenters. The third kappa shape index (κ3) is 4.67. The van der Waals surface area contributed by atoms with Crippen molar-refractivity contribution in [2.24, 2.45) is 0 Å². The summed E-state index contributed by atoms with van der Waals surface area (Å²) in [5.41, 5.74) is 1.26. The van der Waals surface area contributed by atoms with Gasteiger partial charge in [0.25, 0.3) is 0 Å². The lowest BCUT2D eigenvalue weighted by Gasteiger charge is -2.18. The molecule has 0 aromatic heterocycles. The molecule has 0 aliphatic heterocycles. The number of carboxylic acids is 1. The molecule has 7 heteroatoms. The molecule has 0 radical (unpaired) electrons. The summed E-state index contributed by atoms with van der Waals surface area (Å²) in [4.78, 5) is 11.6. The SMILES string of the molecule is C[C@@H](NS(=O)(=O)c1ccc(NC2CCCC2)c(C(=O)O)c1)c1ccccc1. The van der Waals surface area contributed by atoms with E-state index in [1.807, 2.05) is 30.3 Å². The Balaban J connectivity index is 1.84. The third-order valence-electron chi connectivity index (χ3n) is 4.88. The highest BCUT2D eigenvalue weighted by molar-refractivity contribution is 7.89. The number of rotatable bonds is 7. The minimum absolute atomic E-state index is 0.0304. The van der Waals surface area contributed by atoms with Crippen molar-refractivity contribution in [3.05, 3.63) is 59.7 Å². The molecule has 144 valence electrons. The van der Waals surface area contributed by atoms with E-state index >= 15 is 0 Å². The number of aromatic carboxylic acids is 1. The van der Waals surface area contributed by atoms with Crippen LogP contribution in [0.1, 0.15) is 54.6 Å². The van der Waals surface area contributed by atoms with Crippen molar-refractivity contribution < 1.29 is 18.3 Å². The summed E-state index contributed by atoms with van der Waals surface area (Å²) < 4.78 is 28.1. The number of nitrogens with one attached hydrogen (secondary N) is 2. The smallest absolute Gasteiger partial charge is 0.337 e. The zero-order valence-corrected chi connectivity index (χ0v) is 16.0. The average Bonchev–Trinajstić information content (AvgIpc) is 3.15. The Kier molecular flexibility index (Phi) is 5.82. The van der Waals surface area contributed by atoms with Crippen LogP contribution < -0.4 is 10.0 Å². The van der Waals surface area contributed by atoms with E-state index in [1.54, 1.807) is 13.0 Å². The van der Waals surface area contributed by atoms with Gasteiger partial charge in [-0.3, -0.25) is 0 Å². The second kappa shape index (κ2) is 8.10. The van der Waals surface area contributed by atoms with Gasteiger partial charge < -0.3 is 10.4 Å². The van der Waals surface area contributed by atoms with Crippen molar-refractivity contribution in [3.8, 4) is 0 Å². The van der Waals surface area contributed by atoms with E-state index < -0.39 is 22.0 Å². The molecule has 1 saturated carbocycles. The third-order valence-corrected chi connectivity index (χ3v) is 6.42. The summed E-state index contributed by atoms with van der Waals surface area (Å²) in [6, 6.07) is 13.2. The fourth-order valence-corrected chi connectivity index (χ4v) is 4.65. The molecule has 0 bridgehead atoms. The van der Waals surface area contributed by atoms with Gasteiger partial charge >= 0.3 is 5.97 Å². The Morgan fingerprint density at radius 1 is 1.11 bits per heavy atom. The minimum Gasteiger partial charge on any atom is -0.478 e. The van der Waals surface area contributed by atoms with Gasteiger partial charge in [-0.15, -0.1) is 0 Å². The van der Waals surface area contributed by atoms with Gasteiger partial charge in [0, 0.05) is 17.8 Å². The van der Waals surface area contributed by atoms with E-state index in [2.05, 4.69) is 10.0 Å². The summed E-state index contributed by atoms with van der Waals surface area (Å²) >= 11 is 0. The van der Waals surface area contributed by atoms with Gasteiger partial charge in [0.1, 0.15) is 0 Å². The molecule has 3 N–H and O–H groups in total. The Labute approximate surface area is 159 Å². The van der Waals surface area contributed by atoms with E-state index in [0.29, 0.717) is 5.69 Å². The van der Waals surface area contributed by atoms with Gasteiger partial charge in [-0.05, 0) is 43.5 Å². The van der Waals surface area contributed by atoms with Crippen LogP contribution in [0.5, 0.6) is 0 Å². The quantitative estimate of drug-likeness (QED) is 0.671. The Hall–Kier alpha value is -2.38. The van der Waals surface area contributed by atoms with Crippen molar-refractivity contribution in [3.63, 3.8) is 0 Å². The first kappa shape index (κ1) is 19.4. The summed E-state index contributed by atoms with van der Waals surface area (Å²) in [6.45, 7) is 1.75. The highest BCUT2D eigenvalue weighted by Gasteiger charge is 2.23. The minimum atomic E-state index is -3.85. The van der Waals surface area contributed by atoms with Gasteiger partial charge in [0.2, 0.25) is 10.0 Å². The predicted molar refractivity (Wildman–Crippen MR) is 104 cm³/mol. The molecule has 0 amide bonds. The molecule has 1 atom stereocenters. The van der Waals surface area contributed by atoms with Gasteiger partial charge in [0.15, 0.2) is 0 Å². The van der Waals surface area contributed by atoms with Crippen LogP contribution in [0.4, 0.5) is 5.69 Å². The van der Waals surface area contributed by atoms with Gasteiger partial charge in [-0.25, -0.2) is 17.9 Å². The van der Waals surface area contributed by atoms with Gasteiger partial charge in [-0.2, -0.15) is 0 Å². The van der Waals surface area contributed by atoms with Gasteiger partial charge in [0.05, 0.1) is 10.5 Å². The number of hydrogen-bond acceptors (Lipinski definition) is 4. The average molecular weight is 388 g/mol. The maximum Gasteiger partial charge on any atom is 0.337 e. The van der Waals surface area contributed by atoms with E-state index in [-0.39, 0.29) is 16.5 Å². The standard InChI is InChI=1S/C20H24N2O4S/c1-14(15-7-3-2-4-8-15)22-27(25,26)17-11-12-19(18(13-17)20(23)24)21-16-9-5-6-10-16/h2-4,7-8,11-14,16,21-22H,5-6,9-10H2,1H3,(H,23,24)/t14-/m1/s1. The van der Waals surface area contributed by atoms with Crippen LogP contribution in [0.3, 0.4) is 0 Å². The maximum atomic E-state index is 12.7. The normalized spacial score (nSPS) is 16.2. The summed E-state index contributed by atoms with van der Waals surface area (Å²) in [7, 11) is -3.85. The first-order valence-corrected chi connectivity index (χ1v) is 10.6. The fraction of sp³-hybridized carbons (Fsp3) is 0.350. The molecule has 1 fully saturated rings. The van der Waals surface area contributed by atoms with Gasteiger partial charge in [-0.1, -0.05) is 43.2 Å². The topological polar surface area (TPSA) is 95.5 Å². The largest absolute Gasteiger partial charge is 0.478 e. The summed E-state index contributed by atoms with van der Waals surface area (Å²) in [5, 5.41) is 12.8. The molecule has 1 aliphatic carbocycles. The zero-order chi connectivity index (χ0) is 19.4. The van der Waals surface area contributed by atoms with E-state index in [4.69, 9.17) is 0 Å². The monoisotopic (exact) mass is 388 g/mol. The molecule has 6 nitrogen and oxygen atoms in total. The molecule has 0 saturated heterocycles. The van der Waals surface area contributed by atoms with E-state index in [1.165, 1.54) is 12.1 Å². The molecule has 0 spiro atoms. The second-order valence-electron chi connectivity index (χ2n) is 6.89. The van der Waals surface area contributed by atoms with Crippen LogP contribution in [0.2, 0.25) is 0 Å². The zero-order valence-electron chi connectivity index (χ0n) is 15.2. The van der Waals surface area contributed by atoms with Crippen molar-refractivity contribution in [1.82, 2.24) is 4.72 Å². The van der Waals surface area contributed by atoms with Crippen LogP contribution in [-0.2, 0) is 10.0 Å². The fourth-order valence-electron chi connectivity index (χ4n) is 3.39. The number of carbonyl (C=O) groups is 1. The van der Waals surface area contributed by atoms with Crippen molar-refractivity contribution in [2.45, 2.75) is 49.6 Å². The van der Waals surface area contributed by atoms with Crippen LogP contribution in [0.15, 0.2) is 53.4 Å². The molecule has 27 heavy (non-hydrogen) atoms. The highest BCUT2D eigenvalue weighted by Crippen LogP contribution is 2.27. The molecule has 1 aliphatic rings. The molecular weight excluding hydrogens is 364 g/mol. The van der Waals surface area contributed by atoms with Crippen LogP contribution >= 0.6 is 0 Å². The molecule has 2 aromatic carbocycles. The van der Waals surface area contributed by atoms with Crippen molar-refractivity contribution in [1.29, 1.82) is 0 Å². The Morgan fingerprint density at radius 2 is 1.78 bits per heavy atom. The summed E-state index contributed by atoms with van der Waals surface area (Å²) in [6.07, 6.45) is 4.23. The molecular formula is C20H24N2O4S.